The lowest BCUT2D eigenvalue weighted by Crippen LogP contribution is -2.19. The minimum absolute atomic E-state index is 0.344. The van der Waals surface area contributed by atoms with Crippen LogP contribution in [0.4, 0.5) is 0 Å². The molecule has 1 heterocycles. The van der Waals surface area contributed by atoms with Gasteiger partial charge in [-0.1, -0.05) is 22.8 Å². The van der Waals surface area contributed by atoms with E-state index in [-0.39, 0.29) is 0 Å². The van der Waals surface area contributed by atoms with Gasteiger partial charge in [0.2, 0.25) is 0 Å². The molecule has 0 atom stereocenters. The van der Waals surface area contributed by atoms with Gasteiger partial charge in [0, 0.05) is 6.07 Å². The maximum atomic E-state index is 5.99. The molecule has 2 aromatic rings. The molecular weight excluding hydrogens is 242 g/mol. The second-order valence-corrected chi connectivity index (χ2v) is 4.77. The van der Waals surface area contributed by atoms with Gasteiger partial charge in [-0.15, -0.1) is 0 Å². The van der Waals surface area contributed by atoms with Crippen LogP contribution in [-0.2, 0) is 0 Å². The minimum atomic E-state index is 0.344. The molecule has 1 aliphatic carbocycles. The van der Waals surface area contributed by atoms with E-state index in [0.717, 1.165) is 18.6 Å². The summed E-state index contributed by atoms with van der Waals surface area (Å²) < 4.78 is 11.6. The summed E-state index contributed by atoms with van der Waals surface area (Å²) in [4.78, 5) is 0. The lowest BCUT2D eigenvalue weighted by atomic mass is 9.98. The molecule has 5 nitrogen and oxygen atoms in total. The highest BCUT2D eigenvalue weighted by molar-refractivity contribution is 5.34. The molecule has 1 aromatic heterocycles. The summed E-state index contributed by atoms with van der Waals surface area (Å²) >= 11 is 0. The first kappa shape index (κ1) is 12.0. The Balaban J connectivity index is 1.65. The van der Waals surface area contributed by atoms with Crippen LogP contribution in [0.5, 0.6) is 17.4 Å². The molecule has 0 bridgehead atoms. The van der Waals surface area contributed by atoms with Gasteiger partial charge in [-0.05, 0) is 37.8 Å². The van der Waals surface area contributed by atoms with Crippen molar-refractivity contribution >= 4 is 0 Å². The molecule has 0 aliphatic heterocycles. The number of ether oxygens (including phenoxy) is 2. The van der Waals surface area contributed by atoms with Crippen LogP contribution in [0.25, 0.3) is 0 Å². The van der Waals surface area contributed by atoms with Crippen molar-refractivity contribution < 1.29 is 9.47 Å². The number of nitrogens with zero attached hydrogens (tertiary/aromatic N) is 2. The first-order valence-corrected chi connectivity index (χ1v) is 6.71. The van der Waals surface area contributed by atoms with E-state index in [0.29, 0.717) is 17.7 Å². The lowest BCUT2D eigenvalue weighted by molar-refractivity contribution is 0.154. The zero-order valence-corrected chi connectivity index (χ0v) is 10.7. The number of aromatic nitrogens is 3. The van der Waals surface area contributed by atoms with Crippen LogP contribution in [0.3, 0.4) is 0 Å². The molecule has 1 N–H and O–H groups in total. The van der Waals surface area contributed by atoms with Gasteiger partial charge in [-0.2, -0.15) is 0 Å². The van der Waals surface area contributed by atoms with Gasteiger partial charge in [0.25, 0.3) is 5.88 Å². The fourth-order valence-corrected chi connectivity index (χ4v) is 2.35. The SMILES string of the molecule is c1cc(Oc2c[nH]nn2)cc(OC2CCCCC2)c1. The zero-order chi connectivity index (χ0) is 12.9. The van der Waals surface area contributed by atoms with Gasteiger partial charge in [0.05, 0.1) is 12.3 Å². The van der Waals surface area contributed by atoms with Crippen molar-refractivity contribution in [3.63, 3.8) is 0 Å². The molecule has 1 aliphatic rings. The van der Waals surface area contributed by atoms with Crippen molar-refractivity contribution in [3.8, 4) is 17.4 Å². The third kappa shape index (κ3) is 3.24. The van der Waals surface area contributed by atoms with Gasteiger partial charge >= 0.3 is 0 Å². The monoisotopic (exact) mass is 259 g/mol. The number of H-pyrrole nitrogens is 1. The van der Waals surface area contributed by atoms with Gasteiger partial charge in [-0.25, -0.2) is 0 Å². The van der Waals surface area contributed by atoms with Crippen LogP contribution in [0.2, 0.25) is 0 Å². The van der Waals surface area contributed by atoms with Crippen molar-refractivity contribution in [2.75, 3.05) is 0 Å². The van der Waals surface area contributed by atoms with Crippen molar-refractivity contribution in [2.24, 2.45) is 0 Å². The lowest BCUT2D eigenvalue weighted by Gasteiger charge is -2.23. The molecule has 100 valence electrons. The Morgan fingerprint density at radius 2 is 1.95 bits per heavy atom. The Bertz CT molecular complexity index is 507. The summed E-state index contributed by atoms with van der Waals surface area (Å²) in [6.45, 7) is 0. The Morgan fingerprint density at radius 1 is 1.11 bits per heavy atom. The molecule has 5 heteroatoms. The molecule has 0 radical (unpaired) electrons. The maximum absolute atomic E-state index is 5.99. The largest absolute Gasteiger partial charge is 0.490 e. The molecule has 0 saturated heterocycles. The van der Waals surface area contributed by atoms with Gasteiger partial charge < -0.3 is 9.47 Å². The number of nitrogens with one attached hydrogen (secondary N) is 1. The maximum Gasteiger partial charge on any atom is 0.258 e. The predicted molar refractivity (Wildman–Crippen MR) is 70.4 cm³/mol. The zero-order valence-electron chi connectivity index (χ0n) is 10.7. The Hall–Kier alpha value is -2.04. The average Bonchev–Trinajstić information content (AvgIpc) is 2.93. The average molecular weight is 259 g/mol. The van der Waals surface area contributed by atoms with E-state index in [4.69, 9.17) is 9.47 Å². The van der Waals surface area contributed by atoms with Crippen LogP contribution in [-0.4, -0.2) is 21.5 Å². The highest BCUT2D eigenvalue weighted by Crippen LogP contribution is 2.27. The van der Waals surface area contributed by atoms with Crippen LogP contribution in [0.1, 0.15) is 32.1 Å². The summed E-state index contributed by atoms with van der Waals surface area (Å²) in [5.41, 5.74) is 0. The Morgan fingerprint density at radius 3 is 2.74 bits per heavy atom. The van der Waals surface area contributed by atoms with Crippen molar-refractivity contribution in [1.29, 1.82) is 0 Å². The quantitative estimate of drug-likeness (QED) is 0.915. The van der Waals surface area contributed by atoms with E-state index in [9.17, 15) is 0 Å². The van der Waals surface area contributed by atoms with Gasteiger partial charge in [-0.3, -0.25) is 5.10 Å². The second-order valence-electron chi connectivity index (χ2n) is 4.77. The molecule has 0 unspecified atom stereocenters. The normalized spacial score (nSPS) is 16.2. The van der Waals surface area contributed by atoms with Crippen LogP contribution < -0.4 is 9.47 Å². The van der Waals surface area contributed by atoms with E-state index in [1.165, 1.54) is 19.3 Å². The van der Waals surface area contributed by atoms with E-state index >= 15 is 0 Å². The number of hydrogen-bond acceptors (Lipinski definition) is 4. The van der Waals surface area contributed by atoms with Crippen LogP contribution in [0.15, 0.2) is 30.5 Å². The Labute approximate surface area is 111 Å². The highest BCUT2D eigenvalue weighted by atomic mass is 16.5. The standard InChI is InChI=1S/C14H17N3O2/c1-2-5-11(6-3-1)18-12-7-4-8-13(9-12)19-14-10-15-17-16-14/h4,7-11H,1-3,5-6H2,(H,15,16,17). The molecule has 19 heavy (non-hydrogen) atoms. The number of hydrogen-bond donors (Lipinski definition) is 1. The van der Waals surface area contributed by atoms with Gasteiger partial charge in [0.1, 0.15) is 11.5 Å². The summed E-state index contributed by atoms with van der Waals surface area (Å²) in [6.07, 6.45) is 8.10. The van der Waals surface area contributed by atoms with Crippen LogP contribution in [0, 0.1) is 0 Å². The molecule has 0 amide bonds. The molecule has 3 rings (SSSR count). The van der Waals surface area contributed by atoms with Crippen LogP contribution >= 0.6 is 0 Å². The summed E-state index contributed by atoms with van der Waals surface area (Å²) in [5, 5.41) is 10.0. The molecule has 1 fully saturated rings. The predicted octanol–water partition coefficient (Wildman–Crippen LogP) is 3.31. The number of rotatable bonds is 4. The summed E-state index contributed by atoms with van der Waals surface area (Å²) in [7, 11) is 0. The third-order valence-corrected chi connectivity index (χ3v) is 3.28. The molecular formula is C14H17N3O2. The van der Waals surface area contributed by atoms with E-state index in [1.807, 2.05) is 24.3 Å². The van der Waals surface area contributed by atoms with E-state index in [2.05, 4.69) is 15.4 Å². The molecule has 1 saturated carbocycles. The third-order valence-electron chi connectivity index (χ3n) is 3.28. The molecule has 0 spiro atoms. The van der Waals surface area contributed by atoms with E-state index < -0.39 is 0 Å². The smallest absolute Gasteiger partial charge is 0.258 e. The fraction of sp³-hybridized carbons (Fsp3) is 0.429. The number of aromatic amines is 1. The van der Waals surface area contributed by atoms with Gasteiger partial charge in [0.15, 0.2) is 0 Å². The second kappa shape index (κ2) is 5.73. The first-order valence-electron chi connectivity index (χ1n) is 6.71. The summed E-state index contributed by atoms with van der Waals surface area (Å²) in [5.74, 6) is 2.02. The number of benzene rings is 1. The van der Waals surface area contributed by atoms with Crippen molar-refractivity contribution in [1.82, 2.24) is 15.4 Å². The molecule has 1 aromatic carbocycles. The first-order chi connectivity index (χ1) is 9.40. The Kier molecular flexibility index (Phi) is 3.63. The fourth-order valence-electron chi connectivity index (χ4n) is 2.35. The van der Waals surface area contributed by atoms with E-state index in [1.54, 1.807) is 6.20 Å². The minimum Gasteiger partial charge on any atom is -0.490 e. The summed E-state index contributed by atoms with van der Waals surface area (Å²) in [6, 6.07) is 7.66. The topological polar surface area (TPSA) is 60.0 Å². The van der Waals surface area contributed by atoms with Crippen molar-refractivity contribution in [2.45, 2.75) is 38.2 Å². The highest BCUT2D eigenvalue weighted by Gasteiger charge is 2.15. The van der Waals surface area contributed by atoms with Crippen molar-refractivity contribution in [3.05, 3.63) is 30.5 Å².